The summed E-state index contributed by atoms with van der Waals surface area (Å²) in [6.45, 7) is 1.44. The minimum atomic E-state index is 0.556. The van der Waals surface area contributed by atoms with E-state index in [0.717, 1.165) is 6.29 Å². The molecule has 2 heteroatoms. The number of rotatable bonds is 0. The standard InChI is InChI=1S/C3H5Cl.C2H4O/c4-3-1-2-3;1-2-3/h3H,1-2H2;2H,1H3. The third kappa shape index (κ3) is 10.7. The summed E-state index contributed by atoms with van der Waals surface area (Å²) in [5, 5.41) is 0.556. The Bertz CT molecular complexity index is 50.0. The molecule has 0 aromatic carbocycles. The normalized spacial score (nSPS) is 16.9. The lowest BCUT2D eigenvalue weighted by Gasteiger charge is -1.50. The Labute approximate surface area is 48.7 Å². The van der Waals surface area contributed by atoms with Crippen molar-refractivity contribution in [1.82, 2.24) is 0 Å². The van der Waals surface area contributed by atoms with Gasteiger partial charge in [0.05, 0.1) is 0 Å². The molecule has 0 unspecified atom stereocenters. The first-order chi connectivity index (χ1) is 3.31. The molecule has 1 nitrogen and oxygen atoms in total. The smallest absolute Gasteiger partial charge is 0.116 e. The van der Waals surface area contributed by atoms with Crippen molar-refractivity contribution in [2.24, 2.45) is 0 Å². The predicted octanol–water partition coefficient (Wildman–Crippen LogP) is 1.59. The van der Waals surface area contributed by atoms with Gasteiger partial charge >= 0.3 is 0 Å². The molecule has 0 radical (unpaired) electrons. The summed E-state index contributed by atoms with van der Waals surface area (Å²) in [5.74, 6) is 0. The van der Waals surface area contributed by atoms with Crippen molar-refractivity contribution in [2.75, 3.05) is 0 Å². The van der Waals surface area contributed by atoms with Crippen molar-refractivity contribution >= 4 is 17.9 Å². The molecule has 1 aliphatic carbocycles. The Hall–Kier alpha value is -0.0400. The summed E-state index contributed by atoms with van der Waals surface area (Å²) in [6.07, 6.45) is 3.25. The molecule has 1 rings (SSSR count). The van der Waals surface area contributed by atoms with Crippen molar-refractivity contribution in [3.63, 3.8) is 0 Å². The lowest BCUT2D eigenvalue weighted by molar-refractivity contribution is -0.106. The van der Waals surface area contributed by atoms with Gasteiger partial charge in [0.25, 0.3) is 0 Å². The van der Waals surface area contributed by atoms with Crippen LogP contribution in [0.15, 0.2) is 0 Å². The van der Waals surface area contributed by atoms with E-state index in [1.165, 1.54) is 19.8 Å². The lowest BCUT2D eigenvalue weighted by atomic mass is 11.0. The van der Waals surface area contributed by atoms with Gasteiger partial charge in [0, 0.05) is 5.38 Å². The first kappa shape index (κ1) is 6.96. The summed E-state index contributed by atoms with van der Waals surface area (Å²) >= 11 is 5.39. The van der Waals surface area contributed by atoms with Crippen LogP contribution in [0.4, 0.5) is 0 Å². The van der Waals surface area contributed by atoms with Crippen molar-refractivity contribution in [2.45, 2.75) is 25.1 Å². The van der Waals surface area contributed by atoms with Crippen molar-refractivity contribution in [1.29, 1.82) is 0 Å². The first-order valence-corrected chi connectivity index (χ1v) is 2.78. The van der Waals surface area contributed by atoms with Crippen LogP contribution in [0.3, 0.4) is 0 Å². The zero-order chi connectivity index (χ0) is 5.70. The highest BCUT2D eigenvalue weighted by atomic mass is 35.5. The summed E-state index contributed by atoms with van der Waals surface area (Å²) in [6, 6.07) is 0. The van der Waals surface area contributed by atoms with Crippen molar-refractivity contribution in [3.8, 4) is 0 Å². The SMILES string of the molecule is CC=O.ClC1CC1. The van der Waals surface area contributed by atoms with Gasteiger partial charge in [-0.1, -0.05) is 0 Å². The molecule has 0 aliphatic heterocycles. The lowest BCUT2D eigenvalue weighted by Crippen LogP contribution is -1.45. The van der Waals surface area contributed by atoms with Gasteiger partial charge in [-0.2, -0.15) is 0 Å². The van der Waals surface area contributed by atoms with Crippen LogP contribution >= 0.6 is 11.6 Å². The number of carbonyl (C=O) groups excluding carboxylic acids is 1. The van der Waals surface area contributed by atoms with Crippen LogP contribution < -0.4 is 0 Å². The molecule has 0 heterocycles. The average molecular weight is 121 g/mol. The molecule has 1 fully saturated rings. The number of carbonyl (C=O) groups is 1. The Morgan fingerprint density at radius 2 is 1.86 bits per heavy atom. The fourth-order valence-corrected chi connectivity index (χ4v) is 0.189. The second kappa shape index (κ2) is 4.13. The molecule has 0 aromatic heterocycles. The second-order valence-corrected chi connectivity index (χ2v) is 2.03. The van der Waals surface area contributed by atoms with Crippen LogP contribution in [0.25, 0.3) is 0 Å². The number of alkyl halides is 1. The summed E-state index contributed by atoms with van der Waals surface area (Å²) < 4.78 is 0. The highest BCUT2D eigenvalue weighted by Crippen LogP contribution is 2.25. The number of hydrogen-bond acceptors (Lipinski definition) is 1. The average Bonchev–Trinajstić information content (AvgIpc) is 2.25. The highest BCUT2D eigenvalue weighted by Gasteiger charge is 2.15. The summed E-state index contributed by atoms with van der Waals surface area (Å²) in [5.41, 5.74) is 0. The van der Waals surface area contributed by atoms with E-state index in [1.807, 2.05) is 0 Å². The minimum absolute atomic E-state index is 0.556. The van der Waals surface area contributed by atoms with Gasteiger partial charge in [-0.05, 0) is 19.8 Å². The maximum Gasteiger partial charge on any atom is 0.116 e. The van der Waals surface area contributed by atoms with E-state index in [0.29, 0.717) is 5.38 Å². The molecule has 0 spiro atoms. The second-order valence-electron chi connectivity index (χ2n) is 1.41. The van der Waals surface area contributed by atoms with Crippen LogP contribution in [0.2, 0.25) is 0 Å². The maximum atomic E-state index is 8.81. The highest BCUT2D eigenvalue weighted by molar-refractivity contribution is 6.22. The van der Waals surface area contributed by atoms with E-state index in [2.05, 4.69) is 0 Å². The fourth-order valence-electron chi connectivity index (χ4n) is 0.0630. The number of aldehydes is 1. The predicted molar refractivity (Wildman–Crippen MR) is 30.6 cm³/mol. The zero-order valence-corrected chi connectivity index (χ0v) is 5.11. The van der Waals surface area contributed by atoms with Gasteiger partial charge in [0.2, 0.25) is 0 Å². The van der Waals surface area contributed by atoms with Gasteiger partial charge in [-0.15, -0.1) is 11.6 Å². The quantitative estimate of drug-likeness (QED) is 0.351. The molecule has 0 saturated heterocycles. The first-order valence-electron chi connectivity index (χ1n) is 2.35. The molecule has 0 N–H and O–H groups in total. The molecule has 42 valence electrons. The van der Waals surface area contributed by atoms with Crippen LogP contribution in [-0.2, 0) is 4.79 Å². The minimum Gasteiger partial charge on any atom is -0.304 e. The van der Waals surface area contributed by atoms with Crippen LogP contribution in [0.1, 0.15) is 19.8 Å². The molecule has 0 amide bonds. The van der Waals surface area contributed by atoms with Crippen LogP contribution in [0.5, 0.6) is 0 Å². The largest absolute Gasteiger partial charge is 0.304 e. The van der Waals surface area contributed by atoms with Crippen LogP contribution in [0, 0.1) is 0 Å². The van der Waals surface area contributed by atoms with E-state index in [9.17, 15) is 0 Å². The fraction of sp³-hybridized carbons (Fsp3) is 0.800. The van der Waals surface area contributed by atoms with E-state index in [4.69, 9.17) is 16.4 Å². The molecular formula is C5H9ClO. The summed E-state index contributed by atoms with van der Waals surface area (Å²) in [4.78, 5) is 8.81. The van der Waals surface area contributed by atoms with Gasteiger partial charge in [0.15, 0.2) is 0 Å². The summed E-state index contributed by atoms with van der Waals surface area (Å²) in [7, 11) is 0. The Morgan fingerprint density at radius 1 is 1.71 bits per heavy atom. The zero-order valence-electron chi connectivity index (χ0n) is 4.36. The molecule has 0 aromatic rings. The maximum absolute atomic E-state index is 8.81. The molecule has 1 aliphatic rings. The molecule has 1 saturated carbocycles. The molecule has 7 heavy (non-hydrogen) atoms. The number of halogens is 1. The topological polar surface area (TPSA) is 17.1 Å². The molecule has 0 bridgehead atoms. The van der Waals surface area contributed by atoms with Gasteiger partial charge in [-0.3, -0.25) is 0 Å². The van der Waals surface area contributed by atoms with Crippen molar-refractivity contribution in [3.05, 3.63) is 0 Å². The van der Waals surface area contributed by atoms with Gasteiger partial charge < -0.3 is 4.79 Å². The monoisotopic (exact) mass is 120 g/mol. The number of hydrogen-bond donors (Lipinski definition) is 0. The molecular weight excluding hydrogens is 112 g/mol. The van der Waals surface area contributed by atoms with Gasteiger partial charge in [0.1, 0.15) is 6.29 Å². The van der Waals surface area contributed by atoms with E-state index in [-0.39, 0.29) is 0 Å². The van der Waals surface area contributed by atoms with E-state index < -0.39 is 0 Å². The van der Waals surface area contributed by atoms with E-state index >= 15 is 0 Å². The Kier molecular flexibility index (Phi) is 4.10. The third-order valence-corrected chi connectivity index (χ3v) is 0.943. The van der Waals surface area contributed by atoms with Gasteiger partial charge in [-0.25, -0.2) is 0 Å². The van der Waals surface area contributed by atoms with Crippen LogP contribution in [-0.4, -0.2) is 11.7 Å². The van der Waals surface area contributed by atoms with E-state index in [1.54, 1.807) is 0 Å². The Balaban J connectivity index is 0.000000110. The molecule has 0 atom stereocenters. The third-order valence-electron chi connectivity index (χ3n) is 0.507. The Morgan fingerprint density at radius 3 is 1.86 bits per heavy atom. The van der Waals surface area contributed by atoms with Crippen molar-refractivity contribution < 1.29 is 4.79 Å².